The van der Waals surface area contributed by atoms with Crippen molar-refractivity contribution in [3.05, 3.63) is 17.5 Å². The van der Waals surface area contributed by atoms with Crippen LogP contribution in [0.2, 0.25) is 0 Å². The van der Waals surface area contributed by atoms with Crippen molar-refractivity contribution < 1.29 is 15.0 Å². The summed E-state index contributed by atoms with van der Waals surface area (Å²) in [4.78, 5) is 10.7. The summed E-state index contributed by atoms with van der Waals surface area (Å²) in [6, 6.07) is -1.35. The molecule has 5 N–H and O–H groups in total. The number of rotatable bonds is 3. The van der Waals surface area contributed by atoms with Crippen LogP contribution in [0.3, 0.4) is 0 Å². The average Bonchev–Trinajstić information content (AvgIpc) is 2.62. The number of carboxylic acid groups (broad SMARTS) is 1. The number of nitrogens with two attached hydrogens (primary N) is 1. The maximum absolute atomic E-state index is 10.7. The number of aromatic nitrogens is 2. The summed E-state index contributed by atoms with van der Waals surface area (Å²) in [6.45, 7) is 5.80. The van der Waals surface area contributed by atoms with Crippen LogP contribution in [0.25, 0.3) is 0 Å². The van der Waals surface area contributed by atoms with E-state index in [9.17, 15) is 9.90 Å². The minimum atomic E-state index is -1.35. The highest BCUT2D eigenvalue weighted by atomic mass is 16.4. The highest BCUT2D eigenvalue weighted by Gasteiger charge is 2.30. The van der Waals surface area contributed by atoms with Gasteiger partial charge in [0, 0.05) is 16.7 Å². The van der Waals surface area contributed by atoms with Crippen LogP contribution in [-0.4, -0.2) is 32.4 Å². The van der Waals surface area contributed by atoms with E-state index in [0.717, 1.165) is 0 Å². The summed E-state index contributed by atoms with van der Waals surface area (Å²) in [5, 5.41) is 25.1. The molecule has 90 valence electrons. The number of hydrogen-bond donors (Lipinski definition) is 4. The van der Waals surface area contributed by atoms with Gasteiger partial charge in [-0.2, -0.15) is 5.10 Å². The van der Waals surface area contributed by atoms with Gasteiger partial charge in [-0.3, -0.25) is 9.89 Å². The van der Waals surface area contributed by atoms with Crippen molar-refractivity contribution in [1.29, 1.82) is 0 Å². The molecule has 0 radical (unpaired) electrons. The normalized spacial score (nSPS) is 15.8. The molecular formula is C10H17N3O3. The van der Waals surface area contributed by atoms with Crippen molar-refractivity contribution in [2.45, 2.75) is 38.3 Å². The van der Waals surface area contributed by atoms with Crippen molar-refractivity contribution in [3.63, 3.8) is 0 Å². The monoisotopic (exact) mass is 227 g/mol. The maximum atomic E-state index is 10.7. The van der Waals surface area contributed by atoms with Gasteiger partial charge in [0.25, 0.3) is 0 Å². The van der Waals surface area contributed by atoms with Crippen molar-refractivity contribution >= 4 is 5.97 Å². The molecule has 1 aromatic rings. The standard InChI is InChI=1S/C10H17N3O3/c1-10(2,3)8-5(4-12-13-8)7(14)6(11)9(15)16/h4,6-7,14H,11H2,1-3H3,(H,12,13)(H,15,16). The quantitative estimate of drug-likeness (QED) is 0.587. The van der Waals surface area contributed by atoms with Crippen LogP contribution in [0, 0.1) is 0 Å². The molecule has 0 saturated heterocycles. The summed E-state index contributed by atoms with van der Waals surface area (Å²) >= 11 is 0. The van der Waals surface area contributed by atoms with Crippen LogP contribution in [-0.2, 0) is 10.2 Å². The minimum absolute atomic E-state index is 0.259. The number of hydrogen-bond acceptors (Lipinski definition) is 4. The van der Waals surface area contributed by atoms with E-state index in [1.54, 1.807) is 0 Å². The van der Waals surface area contributed by atoms with E-state index in [1.807, 2.05) is 20.8 Å². The van der Waals surface area contributed by atoms with Gasteiger partial charge >= 0.3 is 5.97 Å². The van der Waals surface area contributed by atoms with Crippen LogP contribution in [0.5, 0.6) is 0 Å². The van der Waals surface area contributed by atoms with Crippen molar-refractivity contribution in [3.8, 4) is 0 Å². The molecule has 16 heavy (non-hydrogen) atoms. The summed E-state index contributed by atoms with van der Waals surface area (Å²) in [5.41, 5.74) is 6.24. The summed E-state index contributed by atoms with van der Waals surface area (Å²) in [7, 11) is 0. The number of aliphatic carboxylic acids is 1. The van der Waals surface area contributed by atoms with Gasteiger partial charge in [-0.25, -0.2) is 0 Å². The fourth-order valence-corrected chi connectivity index (χ4v) is 1.45. The Morgan fingerprint density at radius 1 is 1.56 bits per heavy atom. The number of aliphatic hydroxyl groups is 1. The first-order chi connectivity index (χ1) is 7.25. The highest BCUT2D eigenvalue weighted by Crippen LogP contribution is 2.28. The molecule has 0 fully saturated rings. The molecule has 0 spiro atoms. The molecule has 6 nitrogen and oxygen atoms in total. The maximum Gasteiger partial charge on any atom is 0.323 e. The molecule has 1 aromatic heterocycles. The number of aliphatic hydroxyl groups excluding tert-OH is 1. The van der Waals surface area contributed by atoms with E-state index in [4.69, 9.17) is 10.8 Å². The lowest BCUT2D eigenvalue weighted by Gasteiger charge is -2.22. The van der Waals surface area contributed by atoms with Crippen LogP contribution in [0.4, 0.5) is 0 Å². The number of nitrogens with one attached hydrogen (secondary N) is 1. The Kier molecular flexibility index (Phi) is 3.35. The van der Waals surface area contributed by atoms with Crippen molar-refractivity contribution in [2.75, 3.05) is 0 Å². The molecule has 0 bridgehead atoms. The Bertz CT molecular complexity index is 381. The lowest BCUT2D eigenvalue weighted by molar-refractivity contribution is -0.141. The van der Waals surface area contributed by atoms with E-state index in [0.29, 0.717) is 11.3 Å². The number of H-pyrrole nitrogens is 1. The predicted molar refractivity (Wildman–Crippen MR) is 57.9 cm³/mol. The Labute approximate surface area is 93.5 Å². The molecule has 0 aliphatic rings. The van der Waals surface area contributed by atoms with Gasteiger partial charge in [-0.15, -0.1) is 0 Å². The smallest absolute Gasteiger partial charge is 0.323 e. The van der Waals surface area contributed by atoms with Gasteiger partial charge in [-0.05, 0) is 0 Å². The van der Waals surface area contributed by atoms with Crippen LogP contribution in [0.1, 0.15) is 38.1 Å². The van der Waals surface area contributed by atoms with Crippen molar-refractivity contribution in [1.82, 2.24) is 10.2 Å². The molecular weight excluding hydrogens is 210 g/mol. The lowest BCUT2D eigenvalue weighted by atomic mass is 9.87. The zero-order valence-corrected chi connectivity index (χ0v) is 9.56. The van der Waals surface area contributed by atoms with Gasteiger partial charge in [0.1, 0.15) is 12.1 Å². The molecule has 1 heterocycles. The fourth-order valence-electron chi connectivity index (χ4n) is 1.45. The Morgan fingerprint density at radius 2 is 2.12 bits per heavy atom. The van der Waals surface area contributed by atoms with E-state index < -0.39 is 18.1 Å². The first-order valence-corrected chi connectivity index (χ1v) is 4.95. The summed E-state index contributed by atoms with van der Waals surface area (Å²) in [5.74, 6) is -1.24. The Balaban J connectivity index is 3.06. The van der Waals surface area contributed by atoms with Crippen molar-refractivity contribution in [2.24, 2.45) is 5.73 Å². The molecule has 0 aliphatic carbocycles. The van der Waals surface area contributed by atoms with Gasteiger partial charge < -0.3 is 15.9 Å². The largest absolute Gasteiger partial charge is 0.480 e. The Morgan fingerprint density at radius 3 is 2.56 bits per heavy atom. The average molecular weight is 227 g/mol. The molecule has 0 aliphatic heterocycles. The summed E-state index contributed by atoms with van der Waals surface area (Å²) < 4.78 is 0. The fraction of sp³-hybridized carbons (Fsp3) is 0.600. The van der Waals surface area contributed by atoms with E-state index in [1.165, 1.54) is 6.20 Å². The molecule has 0 aromatic carbocycles. The minimum Gasteiger partial charge on any atom is -0.480 e. The molecule has 2 unspecified atom stereocenters. The molecule has 0 amide bonds. The van der Waals surface area contributed by atoms with Gasteiger partial charge in [0.2, 0.25) is 0 Å². The molecule has 1 rings (SSSR count). The van der Waals surface area contributed by atoms with Gasteiger partial charge in [0.15, 0.2) is 0 Å². The van der Waals surface area contributed by atoms with E-state index in [-0.39, 0.29) is 5.41 Å². The predicted octanol–water partition coefficient (Wildman–Crippen LogP) is 0.152. The number of carbonyl (C=O) groups is 1. The van der Waals surface area contributed by atoms with Crippen LogP contribution >= 0.6 is 0 Å². The van der Waals surface area contributed by atoms with Crippen LogP contribution in [0.15, 0.2) is 6.20 Å². The van der Waals surface area contributed by atoms with Gasteiger partial charge in [-0.1, -0.05) is 20.8 Å². The SMILES string of the molecule is CC(C)(C)c1[nH]ncc1C(O)C(N)C(=O)O. The van der Waals surface area contributed by atoms with E-state index in [2.05, 4.69) is 10.2 Å². The number of carboxylic acids is 1. The highest BCUT2D eigenvalue weighted by molar-refractivity contribution is 5.74. The lowest BCUT2D eigenvalue weighted by Crippen LogP contribution is -2.37. The third kappa shape index (κ3) is 2.40. The van der Waals surface area contributed by atoms with Crippen LogP contribution < -0.4 is 5.73 Å². The Hall–Kier alpha value is -1.40. The second kappa shape index (κ2) is 4.23. The first kappa shape index (κ1) is 12.7. The molecule has 6 heteroatoms. The molecule has 0 saturated carbocycles. The topological polar surface area (TPSA) is 112 Å². The number of nitrogens with zero attached hydrogens (tertiary/aromatic N) is 1. The second-order valence-electron chi connectivity index (χ2n) is 4.76. The second-order valence-corrected chi connectivity index (χ2v) is 4.76. The number of aromatic amines is 1. The third-order valence-corrected chi connectivity index (χ3v) is 2.36. The first-order valence-electron chi connectivity index (χ1n) is 4.95. The zero-order chi connectivity index (χ0) is 12.5. The van der Waals surface area contributed by atoms with Gasteiger partial charge in [0.05, 0.1) is 6.20 Å². The summed E-state index contributed by atoms with van der Waals surface area (Å²) in [6.07, 6.45) is 0.152. The van der Waals surface area contributed by atoms with E-state index >= 15 is 0 Å². The molecule has 2 atom stereocenters. The zero-order valence-electron chi connectivity index (χ0n) is 9.56. The third-order valence-electron chi connectivity index (χ3n) is 2.36.